The maximum absolute atomic E-state index is 12.5. The number of carbonyl (C=O) groups excluding carboxylic acids is 2. The van der Waals surface area contributed by atoms with E-state index in [1.165, 1.54) is 12.1 Å². The summed E-state index contributed by atoms with van der Waals surface area (Å²) in [6.45, 7) is 3.51. The number of non-ortho nitro benzene ring substituents is 1. The molecule has 2 aromatic carbocycles. The van der Waals surface area contributed by atoms with Crippen molar-refractivity contribution in [3.8, 4) is 5.75 Å². The molecule has 0 aliphatic carbocycles. The van der Waals surface area contributed by atoms with E-state index < -0.39 is 10.8 Å². The number of hydrogen-bond donors (Lipinski definition) is 2. The summed E-state index contributed by atoms with van der Waals surface area (Å²) in [6.07, 6.45) is 0.155. The number of anilines is 2. The molecule has 0 aromatic heterocycles. The van der Waals surface area contributed by atoms with E-state index in [4.69, 9.17) is 4.74 Å². The van der Waals surface area contributed by atoms with Gasteiger partial charge in [0.1, 0.15) is 5.75 Å². The Morgan fingerprint density at radius 2 is 1.93 bits per heavy atom. The van der Waals surface area contributed by atoms with Crippen molar-refractivity contribution in [1.29, 1.82) is 0 Å². The first kappa shape index (κ1) is 21.1. The number of nitrogens with zero attached hydrogens (tertiary/aromatic N) is 2. The summed E-state index contributed by atoms with van der Waals surface area (Å²) in [4.78, 5) is 36.8. The van der Waals surface area contributed by atoms with Crippen molar-refractivity contribution >= 4 is 28.9 Å². The predicted molar refractivity (Wildman–Crippen MR) is 113 cm³/mol. The van der Waals surface area contributed by atoms with Gasteiger partial charge in [-0.1, -0.05) is 12.1 Å². The molecule has 1 atom stereocenters. The molecule has 9 heteroatoms. The second-order valence-electron chi connectivity index (χ2n) is 6.83. The van der Waals surface area contributed by atoms with Gasteiger partial charge >= 0.3 is 0 Å². The average Bonchev–Trinajstić information content (AvgIpc) is 3.13. The molecular formula is C21H24N4O5. The lowest BCUT2D eigenvalue weighted by atomic mass is 10.1. The van der Waals surface area contributed by atoms with Gasteiger partial charge in [0, 0.05) is 43.9 Å². The molecule has 3 rings (SSSR count). The fraction of sp³-hybridized carbons (Fsp3) is 0.333. The predicted octanol–water partition coefficient (Wildman–Crippen LogP) is 2.57. The van der Waals surface area contributed by atoms with Crippen LogP contribution in [0.25, 0.3) is 0 Å². The normalized spacial score (nSPS) is 15.7. The molecule has 1 heterocycles. The Bertz CT molecular complexity index is 916. The smallest absolute Gasteiger partial charge is 0.269 e. The number of rotatable bonds is 9. The van der Waals surface area contributed by atoms with Crippen molar-refractivity contribution in [2.75, 3.05) is 36.5 Å². The van der Waals surface area contributed by atoms with Gasteiger partial charge < -0.3 is 20.3 Å². The van der Waals surface area contributed by atoms with Crippen LogP contribution in [-0.2, 0) is 9.59 Å². The molecule has 1 fully saturated rings. The molecule has 1 saturated heterocycles. The minimum atomic E-state index is -0.455. The van der Waals surface area contributed by atoms with E-state index in [9.17, 15) is 19.7 Å². The Hall–Kier alpha value is -3.62. The van der Waals surface area contributed by atoms with Gasteiger partial charge in [0.25, 0.3) is 5.69 Å². The first-order valence-electron chi connectivity index (χ1n) is 9.77. The first-order valence-corrected chi connectivity index (χ1v) is 9.77. The van der Waals surface area contributed by atoms with Crippen molar-refractivity contribution < 1.29 is 19.2 Å². The van der Waals surface area contributed by atoms with Crippen molar-refractivity contribution in [2.45, 2.75) is 13.3 Å². The molecule has 9 nitrogen and oxygen atoms in total. The fourth-order valence-corrected chi connectivity index (χ4v) is 3.31. The van der Waals surface area contributed by atoms with Gasteiger partial charge in [-0.05, 0) is 31.2 Å². The minimum Gasteiger partial charge on any atom is -0.492 e. The van der Waals surface area contributed by atoms with Gasteiger partial charge in [0.15, 0.2) is 0 Å². The second-order valence-corrected chi connectivity index (χ2v) is 6.83. The second kappa shape index (κ2) is 9.73. The topological polar surface area (TPSA) is 114 Å². The molecule has 30 heavy (non-hydrogen) atoms. The summed E-state index contributed by atoms with van der Waals surface area (Å²) in [5, 5.41) is 16.6. The van der Waals surface area contributed by atoms with Crippen LogP contribution < -0.4 is 20.3 Å². The van der Waals surface area contributed by atoms with Crippen LogP contribution >= 0.6 is 0 Å². The third-order valence-corrected chi connectivity index (χ3v) is 4.78. The highest BCUT2D eigenvalue weighted by atomic mass is 16.6. The number of nitrogens with one attached hydrogen (secondary N) is 2. The maximum Gasteiger partial charge on any atom is 0.269 e. The number of carbonyl (C=O) groups is 2. The molecule has 0 saturated carbocycles. The zero-order valence-corrected chi connectivity index (χ0v) is 16.7. The summed E-state index contributed by atoms with van der Waals surface area (Å²) in [5.74, 6) is -0.0789. The molecule has 1 aliphatic rings. The lowest BCUT2D eigenvalue weighted by molar-refractivity contribution is -0.384. The van der Waals surface area contributed by atoms with E-state index in [1.807, 2.05) is 31.2 Å². The van der Waals surface area contributed by atoms with Crippen LogP contribution in [0.3, 0.4) is 0 Å². The number of nitro benzene ring substituents is 1. The van der Waals surface area contributed by atoms with E-state index in [1.54, 1.807) is 17.0 Å². The number of ether oxygens (including phenoxy) is 1. The van der Waals surface area contributed by atoms with Gasteiger partial charge in [0.2, 0.25) is 11.8 Å². The molecule has 2 aromatic rings. The van der Waals surface area contributed by atoms with Crippen molar-refractivity contribution in [3.63, 3.8) is 0 Å². The highest BCUT2D eigenvalue weighted by molar-refractivity contribution is 6.01. The number of benzene rings is 2. The molecule has 1 aliphatic heterocycles. The monoisotopic (exact) mass is 412 g/mol. The third kappa shape index (κ3) is 5.05. The van der Waals surface area contributed by atoms with E-state index in [0.29, 0.717) is 37.7 Å². The zero-order chi connectivity index (χ0) is 21.5. The zero-order valence-electron chi connectivity index (χ0n) is 16.7. The van der Waals surface area contributed by atoms with E-state index in [-0.39, 0.29) is 23.9 Å². The molecular weight excluding hydrogens is 388 g/mol. The highest BCUT2D eigenvalue weighted by Crippen LogP contribution is 2.33. The minimum absolute atomic E-state index is 0.0233. The largest absolute Gasteiger partial charge is 0.492 e. The summed E-state index contributed by atoms with van der Waals surface area (Å²) in [5.41, 5.74) is 1.43. The fourth-order valence-electron chi connectivity index (χ4n) is 3.31. The van der Waals surface area contributed by atoms with Gasteiger partial charge in [-0.2, -0.15) is 0 Å². The lowest BCUT2D eigenvalue weighted by Crippen LogP contribution is -2.35. The van der Waals surface area contributed by atoms with Crippen LogP contribution in [-0.4, -0.2) is 43.0 Å². The molecule has 0 radical (unpaired) electrons. The third-order valence-electron chi connectivity index (χ3n) is 4.78. The SMILES string of the molecule is CCOc1ccccc1N1C[C@@H](C(=O)NCCNc2ccc([N+](=O)[O-])cc2)CC1=O. The number of para-hydroxylation sites is 2. The Kier molecular flexibility index (Phi) is 6.84. The summed E-state index contributed by atoms with van der Waals surface area (Å²) in [6, 6.07) is 13.4. The van der Waals surface area contributed by atoms with E-state index in [0.717, 1.165) is 5.69 Å². The Morgan fingerprint density at radius 1 is 1.20 bits per heavy atom. The first-order chi connectivity index (χ1) is 14.5. The van der Waals surface area contributed by atoms with Crippen molar-refractivity contribution in [1.82, 2.24) is 5.32 Å². The van der Waals surface area contributed by atoms with Crippen LogP contribution in [0.1, 0.15) is 13.3 Å². The molecule has 0 spiro atoms. The maximum atomic E-state index is 12.5. The Balaban J connectivity index is 1.48. The standard InChI is InChI=1S/C21H24N4O5/c1-2-30-19-6-4-3-5-18(19)24-14-15(13-20(24)26)21(27)23-12-11-22-16-7-9-17(10-8-16)25(28)29/h3-10,15,22H,2,11-14H2,1H3,(H,23,27)/t15-/m0/s1. The van der Waals surface area contributed by atoms with Crippen LogP contribution in [0.4, 0.5) is 17.1 Å². The molecule has 0 unspecified atom stereocenters. The number of amides is 2. The molecule has 2 N–H and O–H groups in total. The molecule has 2 amide bonds. The van der Waals surface area contributed by atoms with Crippen LogP contribution in [0, 0.1) is 16.0 Å². The van der Waals surface area contributed by atoms with Crippen LogP contribution in [0.2, 0.25) is 0 Å². The van der Waals surface area contributed by atoms with Crippen LogP contribution in [0.15, 0.2) is 48.5 Å². The van der Waals surface area contributed by atoms with Crippen molar-refractivity contribution in [3.05, 3.63) is 58.6 Å². The summed E-state index contributed by atoms with van der Waals surface area (Å²) >= 11 is 0. The highest BCUT2D eigenvalue weighted by Gasteiger charge is 2.36. The van der Waals surface area contributed by atoms with E-state index in [2.05, 4.69) is 10.6 Å². The van der Waals surface area contributed by atoms with Gasteiger partial charge in [0.05, 0.1) is 23.1 Å². The van der Waals surface area contributed by atoms with Gasteiger partial charge in [-0.15, -0.1) is 0 Å². The molecule has 158 valence electrons. The van der Waals surface area contributed by atoms with Gasteiger partial charge in [-0.25, -0.2) is 0 Å². The summed E-state index contributed by atoms with van der Waals surface area (Å²) in [7, 11) is 0. The van der Waals surface area contributed by atoms with Crippen LogP contribution in [0.5, 0.6) is 5.75 Å². The average molecular weight is 412 g/mol. The van der Waals surface area contributed by atoms with Gasteiger partial charge in [-0.3, -0.25) is 19.7 Å². The van der Waals surface area contributed by atoms with E-state index >= 15 is 0 Å². The Morgan fingerprint density at radius 3 is 2.63 bits per heavy atom. The number of nitro groups is 1. The number of hydrogen-bond acceptors (Lipinski definition) is 6. The molecule has 0 bridgehead atoms. The lowest BCUT2D eigenvalue weighted by Gasteiger charge is -2.20. The quantitative estimate of drug-likeness (QED) is 0.372. The summed E-state index contributed by atoms with van der Waals surface area (Å²) < 4.78 is 5.60. The Labute approximate surface area is 174 Å². The van der Waals surface area contributed by atoms with Crippen molar-refractivity contribution in [2.24, 2.45) is 5.92 Å².